The van der Waals surface area contributed by atoms with Crippen LogP contribution in [0.5, 0.6) is 5.75 Å². The maximum atomic E-state index is 11.6. The number of likely N-dealkylation sites (N-methyl/N-ethyl adjacent to an activating group) is 1. The standard InChI is InChI=1S/C15H22N2O3/c1-16-8-6-12(7-9-16)17(2)14(15(19)20)11-4-3-5-13(18)10-11/h3-5,10,12,14,18H,6-9H2,1-2H3,(H,19,20). The molecule has 5 heteroatoms. The molecule has 1 atom stereocenters. The molecule has 2 rings (SSSR count). The Kier molecular flexibility index (Phi) is 4.62. The molecule has 0 amide bonds. The van der Waals surface area contributed by atoms with E-state index in [2.05, 4.69) is 11.9 Å². The van der Waals surface area contributed by atoms with E-state index in [1.807, 2.05) is 11.9 Å². The third-order valence-corrected chi connectivity index (χ3v) is 4.09. The molecule has 1 unspecified atom stereocenters. The highest BCUT2D eigenvalue weighted by atomic mass is 16.4. The molecule has 1 aromatic rings. The second kappa shape index (κ2) is 6.24. The molecule has 1 heterocycles. The van der Waals surface area contributed by atoms with Gasteiger partial charge in [0.25, 0.3) is 0 Å². The van der Waals surface area contributed by atoms with E-state index in [-0.39, 0.29) is 11.8 Å². The summed E-state index contributed by atoms with van der Waals surface area (Å²) < 4.78 is 0. The van der Waals surface area contributed by atoms with Gasteiger partial charge in [-0.05, 0) is 57.7 Å². The Morgan fingerprint density at radius 1 is 1.40 bits per heavy atom. The zero-order chi connectivity index (χ0) is 14.7. The molecule has 0 aliphatic carbocycles. The van der Waals surface area contributed by atoms with Gasteiger partial charge < -0.3 is 15.1 Å². The zero-order valence-corrected chi connectivity index (χ0v) is 12.0. The summed E-state index contributed by atoms with van der Waals surface area (Å²) in [6, 6.07) is 6.07. The Morgan fingerprint density at radius 3 is 2.60 bits per heavy atom. The smallest absolute Gasteiger partial charge is 0.325 e. The highest BCUT2D eigenvalue weighted by Crippen LogP contribution is 2.27. The van der Waals surface area contributed by atoms with Crippen molar-refractivity contribution in [1.82, 2.24) is 9.80 Å². The fraction of sp³-hybridized carbons (Fsp3) is 0.533. The van der Waals surface area contributed by atoms with Crippen LogP contribution in [0.2, 0.25) is 0 Å². The summed E-state index contributed by atoms with van der Waals surface area (Å²) in [6.45, 7) is 1.97. The van der Waals surface area contributed by atoms with Crippen molar-refractivity contribution in [2.45, 2.75) is 24.9 Å². The van der Waals surface area contributed by atoms with Gasteiger partial charge in [-0.3, -0.25) is 9.69 Å². The Bertz CT molecular complexity index is 470. The lowest BCUT2D eigenvalue weighted by Crippen LogP contribution is -2.45. The molecule has 1 aliphatic heterocycles. The average molecular weight is 278 g/mol. The minimum absolute atomic E-state index is 0.102. The molecular formula is C15H22N2O3. The van der Waals surface area contributed by atoms with E-state index < -0.39 is 12.0 Å². The van der Waals surface area contributed by atoms with Gasteiger partial charge in [-0.25, -0.2) is 0 Å². The van der Waals surface area contributed by atoms with Crippen LogP contribution >= 0.6 is 0 Å². The van der Waals surface area contributed by atoms with Crippen LogP contribution in [0.25, 0.3) is 0 Å². The van der Waals surface area contributed by atoms with Gasteiger partial charge >= 0.3 is 5.97 Å². The van der Waals surface area contributed by atoms with Crippen molar-refractivity contribution in [3.05, 3.63) is 29.8 Å². The fourth-order valence-corrected chi connectivity index (χ4v) is 2.86. The molecule has 0 radical (unpaired) electrons. The second-order valence-corrected chi connectivity index (χ2v) is 5.54. The third-order valence-electron chi connectivity index (χ3n) is 4.09. The third kappa shape index (κ3) is 3.29. The number of hydrogen-bond donors (Lipinski definition) is 2. The molecular weight excluding hydrogens is 256 g/mol. The lowest BCUT2D eigenvalue weighted by molar-refractivity contribution is -0.144. The number of rotatable bonds is 4. The lowest BCUT2D eigenvalue weighted by atomic mass is 9.98. The number of hydrogen-bond acceptors (Lipinski definition) is 4. The van der Waals surface area contributed by atoms with Gasteiger partial charge in [0.15, 0.2) is 0 Å². The normalized spacial score (nSPS) is 19.1. The van der Waals surface area contributed by atoms with Crippen LogP contribution in [-0.4, -0.2) is 59.2 Å². The Hall–Kier alpha value is -1.59. The number of carbonyl (C=O) groups is 1. The van der Waals surface area contributed by atoms with Crippen molar-refractivity contribution in [1.29, 1.82) is 0 Å². The molecule has 110 valence electrons. The van der Waals surface area contributed by atoms with Crippen LogP contribution in [0, 0.1) is 0 Å². The monoisotopic (exact) mass is 278 g/mol. The number of carboxylic acids is 1. The SMILES string of the molecule is CN1CCC(N(C)C(C(=O)O)c2cccc(O)c2)CC1. The quantitative estimate of drug-likeness (QED) is 0.875. The van der Waals surface area contributed by atoms with Crippen LogP contribution in [0.4, 0.5) is 0 Å². The summed E-state index contributed by atoms with van der Waals surface area (Å²) in [5, 5.41) is 19.1. The number of nitrogens with zero attached hydrogens (tertiary/aromatic N) is 2. The number of phenols is 1. The molecule has 0 bridgehead atoms. The maximum Gasteiger partial charge on any atom is 0.325 e. The molecule has 2 N–H and O–H groups in total. The molecule has 1 aromatic carbocycles. The highest BCUT2D eigenvalue weighted by Gasteiger charge is 2.31. The molecule has 0 aromatic heterocycles. The van der Waals surface area contributed by atoms with E-state index in [0.717, 1.165) is 25.9 Å². The van der Waals surface area contributed by atoms with Gasteiger partial charge in [0.1, 0.15) is 11.8 Å². The number of carboxylic acid groups (broad SMARTS) is 1. The average Bonchev–Trinajstić information content (AvgIpc) is 2.39. The predicted octanol–water partition coefficient (Wildman–Crippen LogP) is 1.54. The first-order valence-corrected chi connectivity index (χ1v) is 6.91. The van der Waals surface area contributed by atoms with E-state index in [9.17, 15) is 15.0 Å². The first-order chi connectivity index (χ1) is 9.49. The number of likely N-dealkylation sites (tertiary alicyclic amines) is 1. The van der Waals surface area contributed by atoms with Crippen LogP contribution < -0.4 is 0 Å². The zero-order valence-electron chi connectivity index (χ0n) is 12.0. The van der Waals surface area contributed by atoms with E-state index >= 15 is 0 Å². The molecule has 1 aliphatic rings. The number of piperidine rings is 1. The fourth-order valence-electron chi connectivity index (χ4n) is 2.86. The Balaban J connectivity index is 2.18. The minimum atomic E-state index is -0.878. The predicted molar refractivity (Wildman–Crippen MR) is 76.8 cm³/mol. The van der Waals surface area contributed by atoms with Crippen molar-refractivity contribution >= 4 is 5.97 Å². The van der Waals surface area contributed by atoms with Gasteiger partial charge in [-0.2, -0.15) is 0 Å². The molecule has 5 nitrogen and oxygen atoms in total. The van der Waals surface area contributed by atoms with Crippen molar-refractivity contribution in [3.63, 3.8) is 0 Å². The van der Waals surface area contributed by atoms with E-state index in [1.165, 1.54) is 6.07 Å². The summed E-state index contributed by atoms with van der Waals surface area (Å²) >= 11 is 0. The van der Waals surface area contributed by atoms with Crippen LogP contribution in [-0.2, 0) is 4.79 Å². The van der Waals surface area contributed by atoms with Gasteiger partial charge in [0.05, 0.1) is 0 Å². The summed E-state index contributed by atoms with van der Waals surface area (Å²) in [4.78, 5) is 15.8. The van der Waals surface area contributed by atoms with Crippen molar-refractivity contribution in [2.24, 2.45) is 0 Å². The number of aliphatic carboxylic acids is 1. The van der Waals surface area contributed by atoms with Crippen LogP contribution in [0.1, 0.15) is 24.4 Å². The molecule has 1 saturated heterocycles. The van der Waals surface area contributed by atoms with E-state index in [1.54, 1.807) is 18.2 Å². The van der Waals surface area contributed by atoms with Gasteiger partial charge in [0.2, 0.25) is 0 Å². The van der Waals surface area contributed by atoms with Crippen LogP contribution in [0.3, 0.4) is 0 Å². The molecule has 20 heavy (non-hydrogen) atoms. The summed E-state index contributed by atoms with van der Waals surface area (Å²) in [5.74, 6) is -0.775. The maximum absolute atomic E-state index is 11.6. The van der Waals surface area contributed by atoms with Crippen molar-refractivity contribution in [3.8, 4) is 5.75 Å². The number of phenolic OH excluding ortho intramolecular Hbond substituents is 1. The van der Waals surface area contributed by atoms with Gasteiger partial charge in [-0.1, -0.05) is 12.1 Å². The van der Waals surface area contributed by atoms with Crippen molar-refractivity contribution in [2.75, 3.05) is 27.2 Å². The Labute approximate surface area is 119 Å². The van der Waals surface area contributed by atoms with E-state index in [4.69, 9.17) is 0 Å². The topological polar surface area (TPSA) is 64.0 Å². The second-order valence-electron chi connectivity index (χ2n) is 5.54. The number of benzene rings is 1. The first kappa shape index (κ1) is 14.8. The summed E-state index contributed by atoms with van der Waals surface area (Å²) in [7, 11) is 3.94. The molecule has 0 saturated carbocycles. The Morgan fingerprint density at radius 2 is 2.05 bits per heavy atom. The molecule has 0 spiro atoms. The highest BCUT2D eigenvalue weighted by molar-refractivity contribution is 5.75. The van der Waals surface area contributed by atoms with Crippen molar-refractivity contribution < 1.29 is 15.0 Å². The summed E-state index contributed by atoms with van der Waals surface area (Å²) in [5.41, 5.74) is 0.624. The lowest BCUT2D eigenvalue weighted by Gasteiger charge is -2.38. The van der Waals surface area contributed by atoms with Gasteiger partial charge in [0, 0.05) is 6.04 Å². The first-order valence-electron chi connectivity index (χ1n) is 6.91. The van der Waals surface area contributed by atoms with Crippen LogP contribution in [0.15, 0.2) is 24.3 Å². The number of aromatic hydroxyl groups is 1. The van der Waals surface area contributed by atoms with E-state index in [0.29, 0.717) is 5.56 Å². The minimum Gasteiger partial charge on any atom is -0.508 e. The largest absolute Gasteiger partial charge is 0.508 e. The molecule has 1 fully saturated rings. The summed E-state index contributed by atoms with van der Waals surface area (Å²) in [6.07, 6.45) is 1.94. The van der Waals surface area contributed by atoms with Gasteiger partial charge in [-0.15, -0.1) is 0 Å².